The number of benzene rings is 2. The Morgan fingerprint density at radius 3 is 2.50 bits per heavy atom. The fraction of sp³-hybridized carbons (Fsp3) is 0.0588. The van der Waals surface area contributed by atoms with Gasteiger partial charge in [0.05, 0.1) is 17.7 Å². The van der Waals surface area contributed by atoms with Crippen molar-refractivity contribution in [1.82, 2.24) is 0 Å². The quantitative estimate of drug-likeness (QED) is 0.350. The number of carbonyl (C=O) groups is 1. The van der Waals surface area contributed by atoms with Crippen LogP contribution in [0.15, 0.2) is 42.0 Å². The fourth-order valence-corrected chi connectivity index (χ4v) is 2.54. The standard InChI is InChI=1S/C17H11Cl2N3O4/c1-26-16-6-5-11(22(24)25)8-15(16)21-17(23)10(9-20)7-12-13(18)3-2-4-14(12)19/h2-8H,1H3,(H,21,23)/b10-7+. The number of anilines is 1. The normalized spacial score (nSPS) is 10.8. The molecule has 2 rings (SSSR count). The van der Waals surface area contributed by atoms with E-state index in [1.165, 1.54) is 25.3 Å². The summed E-state index contributed by atoms with van der Waals surface area (Å²) in [7, 11) is 1.35. The molecule has 0 heterocycles. The molecule has 0 aromatic heterocycles. The number of nitrogens with zero attached hydrogens (tertiary/aromatic N) is 2. The second-order valence-electron chi connectivity index (χ2n) is 4.90. The molecule has 0 aliphatic rings. The molecule has 132 valence electrons. The van der Waals surface area contributed by atoms with Crippen LogP contribution >= 0.6 is 23.2 Å². The van der Waals surface area contributed by atoms with Gasteiger partial charge in [-0.05, 0) is 24.3 Å². The van der Waals surface area contributed by atoms with Crippen LogP contribution < -0.4 is 10.1 Å². The van der Waals surface area contributed by atoms with Gasteiger partial charge in [0, 0.05) is 27.7 Å². The van der Waals surface area contributed by atoms with Crippen molar-refractivity contribution in [2.24, 2.45) is 0 Å². The number of nitro benzene ring substituents is 1. The van der Waals surface area contributed by atoms with Crippen LogP contribution in [0.4, 0.5) is 11.4 Å². The van der Waals surface area contributed by atoms with Crippen molar-refractivity contribution in [3.63, 3.8) is 0 Å². The van der Waals surface area contributed by atoms with Crippen LogP contribution in [-0.2, 0) is 4.79 Å². The van der Waals surface area contributed by atoms with Gasteiger partial charge in [-0.15, -0.1) is 0 Å². The Morgan fingerprint density at radius 1 is 1.31 bits per heavy atom. The van der Waals surface area contributed by atoms with Crippen molar-refractivity contribution < 1.29 is 14.5 Å². The van der Waals surface area contributed by atoms with E-state index in [0.717, 1.165) is 6.07 Å². The molecule has 1 N–H and O–H groups in total. The molecule has 2 aromatic rings. The van der Waals surface area contributed by atoms with Crippen molar-refractivity contribution >= 4 is 46.6 Å². The summed E-state index contributed by atoms with van der Waals surface area (Å²) in [5, 5.41) is 23.1. The van der Waals surface area contributed by atoms with Gasteiger partial charge in [-0.2, -0.15) is 5.26 Å². The number of carbonyl (C=O) groups excluding carboxylic acids is 1. The molecule has 1 amide bonds. The van der Waals surface area contributed by atoms with E-state index < -0.39 is 10.8 Å². The molecule has 0 spiro atoms. The summed E-state index contributed by atoms with van der Waals surface area (Å²) < 4.78 is 5.07. The Balaban J connectivity index is 2.39. The number of ether oxygens (including phenoxy) is 1. The predicted octanol–water partition coefficient (Wildman–Crippen LogP) is 4.46. The molecular formula is C17H11Cl2N3O4. The van der Waals surface area contributed by atoms with Gasteiger partial charge in [0.1, 0.15) is 17.4 Å². The number of hydrogen-bond acceptors (Lipinski definition) is 5. The maximum Gasteiger partial charge on any atom is 0.271 e. The summed E-state index contributed by atoms with van der Waals surface area (Å²) in [6.45, 7) is 0. The molecule has 0 atom stereocenters. The van der Waals surface area contributed by atoms with Crippen molar-refractivity contribution in [2.75, 3.05) is 12.4 Å². The van der Waals surface area contributed by atoms with Crippen LogP contribution in [0.1, 0.15) is 5.56 Å². The Kier molecular flexibility index (Phi) is 6.17. The van der Waals surface area contributed by atoms with E-state index >= 15 is 0 Å². The Hall–Kier alpha value is -3.08. The minimum atomic E-state index is -0.790. The minimum absolute atomic E-state index is 0.0538. The SMILES string of the molecule is COc1ccc([N+](=O)[O-])cc1NC(=O)/C(C#N)=C/c1c(Cl)cccc1Cl. The number of non-ortho nitro benzene ring substituents is 1. The molecule has 0 aliphatic carbocycles. The van der Waals surface area contributed by atoms with Crippen LogP contribution in [0.5, 0.6) is 5.75 Å². The minimum Gasteiger partial charge on any atom is -0.495 e. The van der Waals surface area contributed by atoms with E-state index in [4.69, 9.17) is 27.9 Å². The zero-order chi connectivity index (χ0) is 19.3. The Morgan fingerprint density at radius 2 is 1.96 bits per heavy atom. The summed E-state index contributed by atoms with van der Waals surface area (Å²) in [4.78, 5) is 22.7. The second-order valence-corrected chi connectivity index (χ2v) is 5.72. The number of rotatable bonds is 5. The first-order valence-corrected chi connectivity index (χ1v) is 7.82. The van der Waals surface area contributed by atoms with Gasteiger partial charge in [-0.25, -0.2) is 0 Å². The molecule has 2 aromatic carbocycles. The molecule has 9 heteroatoms. The van der Waals surface area contributed by atoms with Crippen molar-refractivity contribution in [3.05, 3.63) is 67.7 Å². The average Bonchev–Trinajstić information content (AvgIpc) is 2.61. The van der Waals surface area contributed by atoms with Gasteiger partial charge < -0.3 is 10.1 Å². The van der Waals surface area contributed by atoms with Gasteiger partial charge >= 0.3 is 0 Å². The monoisotopic (exact) mass is 391 g/mol. The van der Waals surface area contributed by atoms with Crippen LogP contribution in [0.25, 0.3) is 6.08 Å². The average molecular weight is 392 g/mol. The number of halogens is 2. The molecule has 0 saturated carbocycles. The van der Waals surface area contributed by atoms with E-state index in [2.05, 4.69) is 5.32 Å². The Labute approximate surface area is 158 Å². The van der Waals surface area contributed by atoms with E-state index in [-0.39, 0.29) is 32.7 Å². The predicted molar refractivity (Wildman–Crippen MR) is 98.3 cm³/mol. The first kappa shape index (κ1) is 19.2. The van der Waals surface area contributed by atoms with Gasteiger partial charge in [-0.3, -0.25) is 14.9 Å². The largest absolute Gasteiger partial charge is 0.495 e. The molecule has 0 unspecified atom stereocenters. The molecule has 7 nitrogen and oxygen atoms in total. The summed E-state index contributed by atoms with van der Waals surface area (Å²) in [6.07, 6.45) is 1.24. The molecule has 0 fully saturated rings. The topological polar surface area (TPSA) is 105 Å². The lowest BCUT2D eigenvalue weighted by Crippen LogP contribution is -2.14. The highest BCUT2D eigenvalue weighted by Gasteiger charge is 2.17. The van der Waals surface area contributed by atoms with E-state index in [1.807, 2.05) is 0 Å². The van der Waals surface area contributed by atoms with Crippen LogP contribution in [0, 0.1) is 21.4 Å². The van der Waals surface area contributed by atoms with Crippen molar-refractivity contribution in [2.45, 2.75) is 0 Å². The number of nitriles is 1. The van der Waals surface area contributed by atoms with Crippen molar-refractivity contribution in [1.29, 1.82) is 5.26 Å². The first-order chi connectivity index (χ1) is 12.4. The highest BCUT2D eigenvalue weighted by atomic mass is 35.5. The fourth-order valence-electron chi connectivity index (χ4n) is 2.04. The lowest BCUT2D eigenvalue weighted by molar-refractivity contribution is -0.384. The van der Waals surface area contributed by atoms with Crippen LogP contribution in [0.2, 0.25) is 10.0 Å². The van der Waals surface area contributed by atoms with Crippen LogP contribution in [-0.4, -0.2) is 17.9 Å². The lowest BCUT2D eigenvalue weighted by atomic mass is 10.1. The van der Waals surface area contributed by atoms with E-state index in [0.29, 0.717) is 5.56 Å². The number of nitrogens with one attached hydrogen (secondary N) is 1. The van der Waals surface area contributed by atoms with Gasteiger partial charge in [-0.1, -0.05) is 29.3 Å². The number of methoxy groups -OCH3 is 1. The highest BCUT2D eigenvalue weighted by molar-refractivity contribution is 6.37. The summed E-state index contributed by atoms with van der Waals surface area (Å²) in [6, 6.07) is 10.2. The molecular weight excluding hydrogens is 381 g/mol. The summed E-state index contributed by atoms with van der Waals surface area (Å²) >= 11 is 12.1. The first-order valence-electron chi connectivity index (χ1n) is 7.07. The van der Waals surface area contributed by atoms with Crippen LogP contribution in [0.3, 0.4) is 0 Å². The lowest BCUT2D eigenvalue weighted by Gasteiger charge is -2.10. The third kappa shape index (κ3) is 4.30. The molecule has 26 heavy (non-hydrogen) atoms. The zero-order valence-corrected chi connectivity index (χ0v) is 14.8. The van der Waals surface area contributed by atoms with Crippen molar-refractivity contribution in [3.8, 4) is 11.8 Å². The Bertz CT molecular complexity index is 931. The van der Waals surface area contributed by atoms with Gasteiger partial charge in [0.15, 0.2) is 0 Å². The second kappa shape index (κ2) is 8.34. The van der Waals surface area contributed by atoms with E-state index in [9.17, 15) is 20.2 Å². The maximum atomic E-state index is 12.4. The smallest absolute Gasteiger partial charge is 0.271 e. The number of hydrogen-bond donors (Lipinski definition) is 1. The third-order valence-electron chi connectivity index (χ3n) is 3.30. The summed E-state index contributed by atoms with van der Waals surface area (Å²) in [5.41, 5.74) is -0.155. The maximum absolute atomic E-state index is 12.4. The molecule has 0 aliphatic heterocycles. The van der Waals surface area contributed by atoms with Gasteiger partial charge in [0.2, 0.25) is 0 Å². The summed E-state index contributed by atoms with van der Waals surface area (Å²) in [5.74, 6) is -0.584. The molecule has 0 bridgehead atoms. The number of amides is 1. The van der Waals surface area contributed by atoms with E-state index in [1.54, 1.807) is 24.3 Å². The number of nitro groups is 1. The zero-order valence-electron chi connectivity index (χ0n) is 13.3. The highest BCUT2D eigenvalue weighted by Crippen LogP contribution is 2.30. The van der Waals surface area contributed by atoms with Gasteiger partial charge in [0.25, 0.3) is 11.6 Å². The third-order valence-corrected chi connectivity index (χ3v) is 3.95. The molecule has 0 radical (unpaired) electrons. The molecule has 0 saturated heterocycles.